The molecule has 4 aromatic rings. The molecule has 1 saturated heterocycles. The zero-order chi connectivity index (χ0) is 24.4. The lowest BCUT2D eigenvalue weighted by Gasteiger charge is -2.15. The fourth-order valence-electron chi connectivity index (χ4n) is 4.54. The van der Waals surface area contributed by atoms with Crippen molar-refractivity contribution in [1.29, 1.82) is 0 Å². The fourth-order valence-corrected chi connectivity index (χ4v) is 4.54. The summed E-state index contributed by atoms with van der Waals surface area (Å²) in [6.45, 7) is 4.79. The van der Waals surface area contributed by atoms with Crippen LogP contribution in [0.4, 0.5) is 13.2 Å². The van der Waals surface area contributed by atoms with Crippen molar-refractivity contribution in [2.24, 2.45) is 5.73 Å². The number of rotatable bonds is 7. The molecule has 1 aromatic heterocycles. The SMILES string of the molecule is NC1CCN(CCNCc2cccc(-c3ccc(-c4nc5ccc(C(F)(F)F)cc5[nH]4)cc3)c2)C1. The van der Waals surface area contributed by atoms with Crippen LogP contribution in [0.1, 0.15) is 17.5 Å². The number of halogens is 3. The Kier molecular flexibility index (Phi) is 6.60. The van der Waals surface area contributed by atoms with E-state index < -0.39 is 11.7 Å². The maximum Gasteiger partial charge on any atom is 0.416 e. The second-order valence-corrected chi connectivity index (χ2v) is 9.12. The van der Waals surface area contributed by atoms with Gasteiger partial charge in [-0.3, -0.25) is 0 Å². The number of fused-ring (bicyclic) bond motifs is 1. The van der Waals surface area contributed by atoms with E-state index in [0.717, 1.165) is 68.0 Å². The smallest absolute Gasteiger partial charge is 0.338 e. The summed E-state index contributed by atoms with van der Waals surface area (Å²) in [7, 11) is 0. The molecule has 1 fully saturated rings. The molecule has 3 aromatic carbocycles. The van der Waals surface area contributed by atoms with Gasteiger partial charge >= 0.3 is 6.18 Å². The van der Waals surface area contributed by atoms with Gasteiger partial charge < -0.3 is 20.9 Å². The van der Waals surface area contributed by atoms with Crippen LogP contribution in [0.15, 0.2) is 66.7 Å². The number of likely N-dealkylation sites (tertiary alicyclic amines) is 1. The highest BCUT2D eigenvalue weighted by molar-refractivity contribution is 5.80. The molecule has 0 bridgehead atoms. The van der Waals surface area contributed by atoms with Gasteiger partial charge in [-0.1, -0.05) is 42.5 Å². The molecule has 1 atom stereocenters. The Morgan fingerprint density at radius 2 is 1.80 bits per heavy atom. The van der Waals surface area contributed by atoms with Crippen LogP contribution in [0.5, 0.6) is 0 Å². The lowest BCUT2D eigenvalue weighted by Crippen LogP contribution is -2.32. The number of nitrogens with two attached hydrogens (primary N) is 1. The van der Waals surface area contributed by atoms with Gasteiger partial charge in [-0.05, 0) is 53.9 Å². The van der Waals surface area contributed by atoms with Crippen molar-refractivity contribution in [1.82, 2.24) is 20.2 Å². The summed E-state index contributed by atoms with van der Waals surface area (Å²) in [5.41, 5.74) is 10.4. The third kappa shape index (κ3) is 5.56. The molecule has 0 spiro atoms. The summed E-state index contributed by atoms with van der Waals surface area (Å²) in [5, 5.41) is 3.51. The van der Waals surface area contributed by atoms with Gasteiger partial charge in [0.15, 0.2) is 0 Å². The Morgan fingerprint density at radius 3 is 2.54 bits per heavy atom. The van der Waals surface area contributed by atoms with Crippen LogP contribution in [-0.4, -0.2) is 47.1 Å². The number of hydrogen-bond donors (Lipinski definition) is 3. The van der Waals surface area contributed by atoms with E-state index in [4.69, 9.17) is 5.73 Å². The first-order valence-electron chi connectivity index (χ1n) is 11.8. The van der Waals surface area contributed by atoms with E-state index in [-0.39, 0.29) is 0 Å². The quantitative estimate of drug-likeness (QED) is 0.325. The van der Waals surface area contributed by atoms with Crippen molar-refractivity contribution in [2.75, 3.05) is 26.2 Å². The van der Waals surface area contributed by atoms with E-state index in [1.807, 2.05) is 24.3 Å². The van der Waals surface area contributed by atoms with E-state index in [2.05, 4.69) is 44.5 Å². The Morgan fingerprint density at radius 1 is 1.00 bits per heavy atom. The molecule has 182 valence electrons. The fraction of sp³-hybridized carbons (Fsp3) is 0.296. The van der Waals surface area contributed by atoms with Crippen LogP contribution < -0.4 is 11.1 Å². The van der Waals surface area contributed by atoms with Crippen LogP contribution in [-0.2, 0) is 12.7 Å². The topological polar surface area (TPSA) is 70.0 Å². The zero-order valence-electron chi connectivity index (χ0n) is 19.3. The summed E-state index contributed by atoms with van der Waals surface area (Å²) in [6, 6.07) is 20.2. The Bertz CT molecular complexity index is 1300. The number of nitrogens with one attached hydrogen (secondary N) is 2. The van der Waals surface area contributed by atoms with Crippen LogP contribution in [0.25, 0.3) is 33.5 Å². The highest BCUT2D eigenvalue weighted by Gasteiger charge is 2.30. The maximum absolute atomic E-state index is 13.0. The zero-order valence-corrected chi connectivity index (χ0v) is 19.3. The van der Waals surface area contributed by atoms with Gasteiger partial charge in [-0.25, -0.2) is 4.98 Å². The van der Waals surface area contributed by atoms with E-state index in [0.29, 0.717) is 22.9 Å². The van der Waals surface area contributed by atoms with Gasteiger partial charge in [0.25, 0.3) is 0 Å². The minimum Gasteiger partial charge on any atom is -0.338 e. The van der Waals surface area contributed by atoms with Crippen molar-refractivity contribution < 1.29 is 13.2 Å². The lowest BCUT2D eigenvalue weighted by molar-refractivity contribution is -0.137. The number of aromatic nitrogens is 2. The molecule has 5 nitrogen and oxygen atoms in total. The molecule has 5 rings (SSSR count). The number of imidazole rings is 1. The van der Waals surface area contributed by atoms with E-state index >= 15 is 0 Å². The average Bonchev–Trinajstić information content (AvgIpc) is 3.47. The molecule has 2 heterocycles. The third-order valence-electron chi connectivity index (χ3n) is 6.47. The van der Waals surface area contributed by atoms with Crippen LogP contribution in [0, 0.1) is 0 Å². The summed E-state index contributed by atoms with van der Waals surface area (Å²) < 4.78 is 39.0. The molecule has 0 radical (unpaired) electrons. The Labute approximate surface area is 202 Å². The number of nitrogens with zero attached hydrogens (tertiary/aromatic N) is 2. The van der Waals surface area contributed by atoms with Crippen LogP contribution in [0.2, 0.25) is 0 Å². The van der Waals surface area contributed by atoms with Gasteiger partial charge in [0, 0.05) is 37.8 Å². The first-order chi connectivity index (χ1) is 16.8. The van der Waals surface area contributed by atoms with E-state index in [1.54, 1.807) is 0 Å². The maximum atomic E-state index is 13.0. The minimum atomic E-state index is -4.38. The van der Waals surface area contributed by atoms with Gasteiger partial charge in [0.1, 0.15) is 5.82 Å². The van der Waals surface area contributed by atoms with Crippen molar-refractivity contribution >= 4 is 11.0 Å². The van der Waals surface area contributed by atoms with Crippen LogP contribution >= 0.6 is 0 Å². The minimum absolute atomic E-state index is 0.312. The Hall–Kier alpha value is -3.20. The summed E-state index contributed by atoms with van der Waals surface area (Å²) in [6.07, 6.45) is -3.30. The molecule has 4 N–H and O–H groups in total. The van der Waals surface area contributed by atoms with Crippen molar-refractivity contribution in [3.05, 3.63) is 77.9 Å². The second-order valence-electron chi connectivity index (χ2n) is 9.12. The van der Waals surface area contributed by atoms with Gasteiger partial charge in [-0.15, -0.1) is 0 Å². The molecule has 0 aliphatic carbocycles. The molecule has 0 saturated carbocycles. The predicted octanol–water partition coefficient (Wildman–Crippen LogP) is 5.04. The van der Waals surface area contributed by atoms with Crippen LogP contribution in [0.3, 0.4) is 0 Å². The summed E-state index contributed by atoms with van der Waals surface area (Å²) >= 11 is 0. The summed E-state index contributed by atoms with van der Waals surface area (Å²) in [4.78, 5) is 9.87. The monoisotopic (exact) mass is 479 g/mol. The first-order valence-corrected chi connectivity index (χ1v) is 11.8. The largest absolute Gasteiger partial charge is 0.416 e. The van der Waals surface area contributed by atoms with E-state index in [9.17, 15) is 13.2 Å². The highest BCUT2D eigenvalue weighted by Crippen LogP contribution is 2.32. The number of alkyl halides is 3. The predicted molar refractivity (Wildman–Crippen MR) is 133 cm³/mol. The number of benzene rings is 3. The Balaban J connectivity index is 1.24. The average molecular weight is 480 g/mol. The van der Waals surface area contributed by atoms with Gasteiger partial charge in [-0.2, -0.15) is 13.2 Å². The van der Waals surface area contributed by atoms with Gasteiger partial charge in [0.2, 0.25) is 0 Å². The molecule has 35 heavy (non-hydrogen) atoms. The van der Waals surface area contributed by atoms with E-state index in [1.165, 1.54) is 11.6 Å². The lowest BCUT2D eigenvalue weighted by atomic mass is 10.0. The molecule has 1 aliphatic heterocycles. The van der Waals surface area contributed by atoms with Gasteiger partial charge in [0.05, 0.1) is 16.6 Å². The number of aromatic amines is 1. The number of H-pyrrole nitrogens is 1. The normalized spacial score (nSPS) is 16.9. The molecule has 1 aliphatic rings. The standard InChI is InChI=1S/C27H28F3N5/c28-27(29,30)22-8-9-24-25(15-22)34-26(33-24)20-6-4-19(5-7-20)21-3-1-2-18(14-21)16-32-11-13-35-12-10-23(31)17-35/h1-9,14-15,23,32H,10-13,16-17,31H2,(H,33,34). The van der Waals surface area contributed by atoms with Crippen molar-refractivity contribution in [3.8, 4) is 22.5 Å². The molecule has 8 heteroatoms. The first kappa shape index (κ1) is 23.5. The molecular weight excluding hydrogens is 451 g/mol. The molecular formula is C27H28F3N5. The van der Waals surface area contributed by atoms with Crippen molar-refractivity contribution in [2.45, 2.75) is 25.2 Å². The molecule has 1 unspecified atom stereocenters. The third-order valence-corrected chi connectivity index (χ3v) is 6.47. The highest BCUT2D eigenvalue weighted by atomic mass is 19.4. The van der Waals surface area contributed by atoms with Crippen molar-refractivity contribution in [3.63, 3.8) is 0 Å². The summed E-state index contributed by atoms with van der Waals surface area (Å²) in [5.74, 6) is 0.544. The second kappa shape index (κ2) is 9.81. The molecule has 0 amide bonds. The number of hydrogen-bond acceptors (Lipinski definition) is 4.